The highest BCUT2D eigenvalue weighted by molar-refractivity contribution is 5.51. The van der Waals surface area contributed by atoms with Gasteiger partial charge in [-0.2, -0.15) is 5.26 Å². The average molecular weight is 310 g/mol. The molecule has 1 saturated heterocycles. The molecule has 118 valence electrons. The van der Waals surface area contributed by atoms with Gasteiger partial charge in [-0.15, -0.1) is 0 Å². The normalized spacial score (nSPS) is 20.3. The first-order valence-electron chi connectivity index (χ1n) is 7.48. The van der Waals surface area contributed by atoms with Crippen molar-refractivity contribution in [2.75, 3.05) is 25.2 Å². The smallest absolute Gasteiger partial charge is 0.142 e. The SMILES string of the molecule is CO[C@@H]1C[C@@H](COc2cccnc2)N(c2ccnc(C#N)c2)C1. The Labute approximate surface area is 135 Å². The van der Waals surface area contributed by atoms with Crippen molar-refractivity contribution in [1.29, 1.82) is 5.26 Å². The van der Waals surface area contributed by atoms with E-state index in [1.165, 1.54) is 0 Å². The predicted octanol–water partition coefficient (Wildman–Crippen LogP) is 2.02. The van der Waals surface area contributed by atoms with Crippen molar-refractivity contribution in [2.45, 2.75) is 18.6 Å². The number of ether oxygens (including phenoxy) is 2. The quantitative estimate of drug-likeness (QED) is 0.841. The summed E-state index contributed by atoms with van der Waals surface area (Å²) in [6.07, 6.45) is 6.11. The van der Waals surface area contributed by atoms with Crippen molar-refractivity contribution in [3.05, 3.63) is 48.5 Å². The van der Waals surface area contributed by atoms with Gasteiger partial charge in [-0.3, -0.25) is 4.98 Å². The maximum absolute atomic E-state index is 9.03. The van der Waals surface area contributed by atoms with E-state index in [-0.39, 0.29) is 12.1 Å². The highest BCUT2D eigenvalue weighted by Gasteiger charge is 2.33. The van der Waals surface area contributed by atoms with Crippen molar-refractivity contribution in [3.8, 4) is 11.8 Å². The lowest BCUT2D eigenvalue weighted by atomic mass is 10.2. The van der Waals surface area contributed by atoms with Crippen LogP contribution in [0.2, 0.25) is 0 Å². The van der Waals surface area contributed by atoms with Crippen LogP contribution in [0.25, 0.3) is 0 Å². The highest BCUT2D eigenvalue weighted by Crippen LogP contribution is 2.27. The van der Waals surface area contributed by atoms with Crippen LogP contribution in [0.15, 0.2) is 42.9 Å². The first-order chi connectivity index (χ1) is 11.3. The molecule has 0 unspecified atom stereocenters. The van der Waals surface area contributed by atoms with E-state index in [0.717, 1.165) is 24.4 Å². The number of hydrogen-bond acceptors (Lipinski definition) is 6. The van der Waals surface area contributed by atoms with Gasteiger partial charge < -0.3 is 14.4 Å². The first kappa shape index (κ1) is 15.3. The van der Waals surface area contributed by atoms with Gasteiger partial charge in [-0.25, -0.2) is 4.98 Å². The molecule has 1 aliphatic heterocycles. The van der Waals surface area contributed by atoms with Crippen LogP contribution < -0.4 is 9.64 Å². The first-order valence-corrected chi connectivity index (χ1v) is 7.48. The summed E-state index contributed by atoms with van der Waals surface area (Å²) in [7, 11) is 1.72. The van der Waals surface area contributed by atoms with E-state index in [1.807, 2.05) is 18.2 Å². The minimum Gasteiger partial charge on any atom is -0.490 e. The molecule has 0 spiro atoms. The maximum Gasteiger partial charge on any atom is 0.142 e. The zero-order chi connectivity index (χ0) is 16.1. The summed E-state index contributed by atoms with van der Waals surface area (Å²) in [4.78, 5) is 10.3. The highest BCUT2D eigenvalue weighted by atomic mass is 16.5. The van der Waals surface area contributed by atoms with Crippen LogP contribution in [0.3, 0.4) is 0 Å². The zero-order valence-electron chi connectivity index (χ0n) is 12.9. The average Bonchev–Trinajstić information content (AvgIpc) is 3.04. The summed E-state index contributed by atoms with van der Waals surface area (Å²) in [6.45, 7) is 1.31. The molecule has 2 atom stereocenters. The van der Waals surface area contributed by atoms with E-state index in [9.17, 15) is 0 Å². The summed E-state index contributed by atoms with van der Waals surface area (Å²) in [5.74, 6) is 0.751. The minimum atomic E-state index is 0.149. The molecule has 6 nitrogen and oxygen atoms in total. The van der Waals surface area contributed by atoms with Crippen LogP contribution in [0, 0.1) is 11.3 Å². The van der Waals surface area contributed by atoms with Crippen LogP contribution in [0.5, 0.6) is 5.75 Å². The second-order valence-corrected chi connectivity index (χ2v) is 5.41. The molecule has 2 aromatic heterocycles. The monoisotopic (exact) mass is 310 g/mol. The molecule has 0 bridgehead atoms. The van der Waals surface area contributed by atoms with E-state index in [2.05, 4.69) is 20.9 Å². The molecule has 0 aromatic carbocycles. The predicted molar refractivity (Wildman–Crippen MR) is 85.2 cm³/mol. The topological polar surface area (TPSA) is 71.3 Å². The van der Waals surface area contributed by atoms with Gasteiger partial charge in [-0.05, 0) is 30.7 Å². The lowest BCUT2D eigenvalue weighted by molar-refractivity contribution is 0.115. The van der Waals surface area contributed by atoms with E-state index in [1.54, 1.807) is 31.8 Å². The van der Waals surface area contributed by atoms with Crippen LogP contribution in [0.1, 0.15) is 12.1 Å². The molecule has 0 radical (unpaired) electrons. The molecular formula is C17H18N4O2. The van der Waals surface area contributed by atoms with Gasteiger partial charge in [-0.1, -0.05) is 0 Å². The minimum absolute atomic E-state index is 0.149. The summed E-state index contributed by atoms with van der Waals surface area (Å²) < 4.78 is 11.4. The van der Waals surface area contributed by atoms with E-state index in [4.69, 9.17) is 14.7 Å². The van der Waals surface area contributed by atoms with Gasteiger partial charge in [0.25, 0.3) is 0 Å². The lowest BCUT2D eigenvalue weighted by Crippen LogP contribution is -2.34. The van der Waals surface area contributed by atoms with Gasteiger partial charge in [0.15, 0.2) is 0 Å². The number of anilines is 1. The van der Waals surface area contributed by atoms with E-state index in [0.29, 0.717) is 12.3 Å². The molecule has 1 aliphatic rings. The third-order valence-corrected chi connectivity index (χ3v) is 3.98. The fourth-order valence-electron chi connectivity index (χ4n) is 2.80. The molecule has 0 amide bonds. The van der Waals surface area contributed by atoms with Gasteiger partial charge >= 0.3 is 0 Å². The third-order valence-electron chi connectivity index (χ3n) is 3.98. The number of hydrogen-bond donors (Lipinski definition) is 0. The Bertz CT molecular complexity index is 686. The number of methoxy groups -OCH3 is 1. The van der Waals surface area contributed by atoms with Crippen LogP contribution >= 0.6 is 0 Å². The summed E-state index contributed by atoms with van der Waals surface area (Å²) in [5, 5.41) is 9.03. The summed E-state index contributed by atoms with van der Waals surface area (Å²) in [5.41, 5.74) is 1.38. The summed E-state index contributed by atoms with van der Waals surface area (Å²) >= 11 is 0. The fraction of sp³-hybridized carbons (Fsp3) is 0.353. The van der Waals surface area contributed by atoms with Crippen molar-refractivity contribution >= 4 is 5.69 Å². The van der Waals surface area contributed by atoms with Crippen molar-refractivity contribution < 1.29 is 9.47 Å². The standard InChI is InChI=1S/C17H18N4O2/c1-22-17-8-15(12-23-16-3-2-5-19-10-16)21(11-17)14-4-6-20-13(7-14)9-18/h2-7,10,15,17H,8,11-12H2,1H3/t15-,17+/m0/s1. The number of pyridine rings is 2. The fourth-order valence-corrected chi connectivity index (χ4v) is 2.80. The Morgan fingerprint density at radius 2 is 2.30 bits per heavy atom. The largest absolute Gasteiger partial charge is 0.490 e. The molecule has 6 heteroatoms. The van der Waals surface area contributed by atoms with E-state index < -0.39 is 0 Å². The number of rotatable bonds is 5. The maximum atomic E-state index is 9.03. The number of aromatic nitrogens is 2. The Morgan fingerprint density at radius 3 is 3.04 bits per heavy atom. The summed E-state index contributed by atoms with van der Waals surface area (Å²) in [6, 6.07) is 9.71. The second-order valence-electron chi connectivity index (χ2n) is 5.41. The van der Waals surface area contributed by atoms with Crippen molar-refractivity contribution in [1.82, 2.24) is 9.97 Å². The van der Waals surface area contributed by atoms with Gasteiger partial charge in [0.05, 0.1) is 18.3 Å². The lowest BCUT2D eigenvalue weighted by Gasteiger charge is -2.26. The molecule has 2 aromatic rings. The zero-order valence-corrected chi connectivity index (χ0v) is 12.9. The Morgan fingerprint density at radius 1 is 1.39 bits per heavy atom. The Hall–Kier alpha value is -2.65. The van der Waals surface area contributed by atoms with Crippen molar-refractivity contribution in [2.24, 2.45) is 0 Å². The molecule has 1 fully saturated rings. The van der Waals surface area contributed by atoms with Crippen LogP contribution in [-0.2, 0) is 4.74 Å². The molecule has 0 saturated carbocycles. The second kappa shape index (κ2) is 7.07. The Balaban J connectivity index is 1.75. The van der Waals surface area contributed by atoms with Crippen LogP contribution in [-0.4, -0.2) is 42.4 Å². The molecule has 0 N–H and O–H groups in total. The molecule has 3 heterocycles. The van der Waals surface area contributed by atoms with Gasteiger partial charge in [0.1, 0.15) is 24.1 Å². The molecule has 23 heavy (non-hydrogen) atoms. The molecule has 0 aliphatic carbocycles. The van der Waals surface area contributed by atoms with E-state index >= 15 is 0 Å². The Kier molecular flexibility index (Phi) is 4.69. The van der Waals surface area contributed by atoms with Crippen LogP contribution in [0.4, 0.5) is 5.69 Å². The third kappa shape index (κ3) is 3.58. The number of nitriles is 1. The number of nitrogens with zero attached hydrogens (tertiary/aromatic N) is 4. The van der Waals surface area contributed by atoms with Gasteiger partial charge in [0, 0.05) is 31.7 Å². The molecule has 3 rings (SSSR count). The van der Waals surface area contributed by atoms with Crippen molar-refractivity contribution in [3.63, 3.8) is 0 Å². The molecular weight excluding hydrogens is 292 g/mol. The van der Waals surface area contributed by atoms with Gasteiger partial charge in [0.2, 0.25) is 0 Å².